The third-order valence-corrected chi connectivity index (χ3v) is 3.86. The van der Waals surface area contributed by atoms with Crippen molar-refractivity contribution in [1.82, 2.24) is 4.90 Å². The molecule has 0 saturated heterocycles. The van der Waals surface area contributed by atoms with Crippen LogP contribution in [-0.4, -0.2) is 50.3 Å². The molecule has 27 heavy (non-hydrogen) atoms. The van der Waals surface area contributed by atoms with Crippen molar-refractivity contribution in [2.45, 2.75) is 12.7 Å². The molecule has 1 atom stereocenters. The molecule has 0 fully saturated rings. The highest BCUT2D eigenvalue weighted by Crippen LogP contribution is 2.30. The molecule has 0 saturated carbocycles. The van der Waals surface area contributed by atoms with Crippen LogP contribution in [0, 0.1) is 0 Å². The van der Waals surface area contributed by atoms with Crippen LogP contribution >= 0.6 is 0 Å². The van der Waals surface area contributed by atoms with E-state index in [-0.39, 0.29) is 24.3 Å². The van der Waals surface area contributed by atoms with Crippen LogP contribution in [0.1, 0.15) is 0 Å². The monoisotopic (exact) mass is 378 g/mol. The number of benzene rings is 2. The fourth-order valence-electron chi connectivity index (χ4n) is 2.73. The first-order valence-electron chi connectivity index (χ1n) is 8.41. The molecule has 8 heteroatoms. The van der Waals surface area contributed by atoms with Crippen molar-refractivity contribution < 1.29 is 27.8 Å². The standard InChI is InChI=1S/C19H20F2N2O4/c1-23(10-15-12-25-16-4-2-3-5-17(16)26-15)11-18(24)22-13-6-8-14(9-7-13)27-19(20)21/h2-9,15,19H,10-12H2,1H3,(H,22,24)/t15-/m1/s1. The zero-order valence-electron chi connectivity index (χ0n) is 14.7. The van der Waals surface area contributed by atoms with E-state index in [9.17, 15) is 13.6 Å². The van der Waals surface area contributed by atoms with Crippen LogP contribution in [0.15, 0.2) is 48.5 Å². The summed E-state index contributed by atoms with van der Waals surface area (Å²) < 4.78 is 40.1. The van der Waals surface area contributed by atoms with E-state index >= 15 is 0 Å². The summed E-state index contributed by atoms with van der Waals surface area (Å²) in [5.41, 5.74) is 0.501. The lowest BCUT2D eigenvalue weighted by Gasteiger charge is -2.29. The molecule has 0 bridgehead atoms. The fourth-order valence-corrected chi connectivity index (χ4v) is 2.73. The number of para-hydroxylation sites is 2. The largest absolute Gasteiger partial charge is 0.486 e. The second kappa shape index (κ2) is 8.68. The molecule has 0 aliphatic carbocycles. The number of halogens is 2. The number of alkyl halides is 2. The van der Waals surface area contributed by atoms with Crippen LogP contribution in [0.5, 0.6) is 17.2 Å². The highest BCUT2D eigenvalue weighted by atomic mass is 19.3. The van der Waals surface area contributed by atoms with Crippen LogP contribution in [0.2, 0.25) is 0 Å². The Bertz CT molecular complexity index is 771. The molecule has 1 aliphatic rings. The quantitative estimate of drug-likeness (QED) is 0.803. The minimum absolute atomic E-state index is 0.0369. The van der Waals surface area contributed by atoms with Crippen LogP contribution < -0.4 is 19.5 Å². The van der Waals surface area contributed by atoms with Gasteiger partial charge in [-0.05, 0) is 43.4 Å². The summed E-state index contributed by atoms with van der Waals surface area (Å²) in [5, 5.41) is 2.71. The highest BCUT2D eigenvalue weighted by Gasteiger charge is 2.22. The molecular weight excluding hydrogens is 358 g/mol. The second-order valence-electron chi connectivity index (χ2n) is 6.15. The van der Waals surface area contributed by atoms with E-state index in [0.717, 1.165) is 0 Å². The van der Waals surface area contributed by atoms with Gasteiger partial charge in [0.15, 0.2) is 11.5 Å². The van der Waals surface area contributed by atoms with Gasteiger partial charge < -0.3 is 19.5 Å². The molecule has 0 radical (unpaired) electrons. The number of nitrogens with one attached hydrogen (secondary N) is 1. The first-order chi connectivity index (χ1) is 13.0. The van der Waals surface area contributed by atoms with Gasteiger partial charge in [-0.1, -0.05) is 12.1 Å². The van der Waals surface area contributed by atoms with Gasteiger partial charge in [0.05, 0.1) is 6.54 Å². The van der Waals surface area contributed by atoms with Crippen molar-refractivity contribution in [3.05, 3.63) is 48.5 Å². The number of carbonyl (C=O) groups excluding carboxylic acids is 1. The third-order valence-electron chi connectivity index (χ3n) is 3.86. The number of amides is 1. The van der Waals surface area contributed by atoms with Gasteiger partial charge in [0.1, 0.15) is 18.5 Å². The molecular formula is C19H20F2N2O4. The van der Waals surface area contributed by atoms with Crippen LogP contribution in [0.4, 0.5) is 14.5 Å². The molecule has 2 aromatic rings. The van der Waals surface area contributed by atoms with Crippen LogP contribution in [0.3, 0.4) is 0 Å². The van der Waals surface area contributed by atoms with Crippen molar-refractivity contribution in [2.75, 3.05) is 32.1 Å². The molecule has 144 valence electrons. The van der Waals surface area contributed by atoms with E-state index in [1.807, 2.05) is 36.2 Å². The topological polar surface area (TPSA) is 60.0 Å². The van der Waals surface area contributed by atoms with Gasteiger partial charge in [-0.2, -0.15) is 8.78 Å². The number of anilines is 1. The fraction of sp³-hybridized carbons (Fsp3) is 0.316. The number of nitrogens with zero attached hydrogens (tertiary/aromatic N) is 1. The summed E-state index contributed by atoms with van der Waals surface area (Å²) in [6.45, 7) is -1.80. The van der Waals surface area contributed by atoms with E-state index in [0.29, 0.717) is 30.3 Å². The summed E-state index contributed by atoms with van der Waals surface area (Å²) in [7, 11) is 1.81. The molecule has 0 aromatic heterocycles. The van der Waals surface area contributed by atoms with E-state index < -0.39 is 6.61 Å². The van der Waals surface area contributed by atoms with Crippen molar-refractivity contribution in [1.29, 1.82) is 0 Å². The molecule has 1 amide bonds. The average molecular weight is 378 g/mol. The number of likely N-dealkylation sites (N-methyl/N-ethyl adjacent to an activating group) is 1. The van der Waals surface area contributed by atoms with Gasteiger partial charge in [-0.25, -0.2) is 0 Å². The Balaban J connectivity index is 1.45. The number of rotatable bonds is 7. The Morgan fingerprint density at radius 3 is 2.63 bits per heavy atom. The number of fused-ring (bicyclic) bond motifs is 1. The van der Waals surface area contributed by atoms with Crippen LogP contribution in [-0.2, 0) is 4.79 Å². The number of hydrogen-bond acceptors (Lipinski definition) is 5. The first kappa shape index (κ1) is 18.9. The lowest BCUT2D eigenvalue weighted by molar-refractivity contribution is -0.117. The molecule has 2 aromatic carbocycles. The smallest absolute Gasteiger partial charge is 0.387 e. The van der Waals surface area contributed by atoms with E-state index in [2.05, 4.69) is 10.1 Å². The Morgan fingerprint density at radius 2 is 1.93 bits per heavy atom. The van der Waals surface area contributed by atoms with Gasteiger partial charge in [-0.15, -0.1) is 0 Å². The summed E-state index contributed by atoms with van der Waals surface area (Å²) >= 11 is 0. The van der Waals surface area contributed by atoms with Crippen LogP contribution in [0.25, 0.3) is 0 Å². The first-order valence-corrected chi connectivity index (χ1v) is 8.41. The molecule has 1 N–H and O–H groups in total. The van der Waals surface area contributed by atoms with E-state index in [1.165, 1.54) is 24.3 Å². The number of carbonyl (C=O) groups is 1. The van der Waals surface area contributed by atoms with E-state index in [4.69, 9.17) is 9.47 Å². The summed E-state index contributed by atoms with van der Waals surface area (Å²) in [4.78, 5) is 14.0. The van der Waals surface area contributed by atoms with Gasteiger partial charge in [-0.3, -0.25) is 9.69 Å². The molecule has 6 nitrogen and oxygen atoms in total. The van der Waals surface area contributed by atoms with Gasteiger partial charge in [0, 0.05) is 12.2 Å². The maximum atomic E-state index is 12.1. The zero-order chi connectivity index (χ0) is 19.2. The SMILES string of the molecule is CN(CC(=O)Nc1ccc(OC(F)F)cc1)C[C@@H]1COc2ccccc2O1. The lowest BCUT2D eigenvalue weighted by atomic mass is 10.2. The highest BCUT2D eigenvalue weighted by molar-refractivity contribution is 5.92. The second-order valence-corrected chi connectivity index (χ2v) is 6.15. The normalized spacial score (nSPS) is 15.7. The minimum atomic E-state index is -2.88. The van der Waals surface area contributed by atoms with Crippen molar-refractivity contribution in [3.8, 4) is 17.2 Å². The third kappa shape index (κ3) is 5.55. The molecule has 1 aliphatic heterocycles. The summed E-state index contributed by atoms with van der Waals surface area (Å²) in [6.07, 6.45) is -0.177. The predicted octanol–water partition coefficient (Wildman–Crippen LogP) is 3.00. The maximum Gasteiger partial charge on any atom is 0.387 e. The predicted molar refractivity (Wildman–Crippen MR) is 95.6 cm³/mol. The number of hydrogen-bond donors (Lipinski definition) is 1. The molecule has 0 unspecified atom stereocenters. The molecule has 0 spiro atoms. The van der Waals surface area contributed by atoms with Crippen molar-refractivity contribution in [2.24, 2.45) is 0 Å². The van der Waals surface area contributed by atoms with Gasteiger partial charge >= 0.3 is 6.61 Å². The molecule has 1 heterocycles. The van der Waals surface area contributed by atoms with Gasteiger partial charge in [0.25, 0.3) is 0 Å². The summed E-state index contributed by atoms with van der Waals surface area (Å²) in [5.74, 6) is 1.22. The maximum absolute atomic E-state index is 12.1. The van der Waals surface area contributed by atoms with Crippen molar-refractivity contribution in [3.63, 3.8) is 0 Å². The zero-order valence-corrected chi connectivity index (χ0v) is 14.7. The Hall–Kier alpha value is -2.87. The Morgan fingerprint density at radius 1 is 1.22 bits per heavy atom. The van der Waals surface area contributed by atoms with E-state index in [1.54, 1.807) is 0 Å². The summed E-state index contributed by atoms with van der Waals surface area (Å²) in [6, 6.07) is 13.2. The van der Waals surface area contributed by atoms with Gasteiger partial charge in [0.2, 0.25) is 5.91 Å². The lowest BCUT2D eigenvalue weighted by Crippen LogP contribution is -2.42. The Kier molecular flexibility index (Phi) is 6.08. The Labute approximate surface area is 155 Å². The number of ether oxygens (including phenoxy) is 3. The average Bonchev–Trinajstić information content (AvgIpc) is 2.62. The molecule has 3 rings (SSSR count). The van der Waals surface area contributed by atoms with Crippen molar-refractivity contribution >= 4 is 11.6 Å². The minimum Gasteiger partial charge on any atom is -0.486 e.